The van der Waals surface area contributed by atoms with E-state index in [4.69, 9.17) is 5.26 Å². The van der Waals surface area contributed by atoms with E-state index >= 15 is 0 Å². The molecule has 0 fully saturated rings. The van der Waals surface area contributed by atoms with Crippen molar-refractivity contribution in [3.05, 3.63) is 46.7 Å². The van der Waals surface area contributed by atoms with Gasteiger partial charge in [-0.15, -0.1) is 0 Å². The van der Waals surface area contributed by atoms with Crippen molar-refractivity contribution in [1.29, 1.82) is 5.26 Å². The number of aromatic nitrogens is 1. The van der Waals surface area contributed by atoms with E-state index < -0.39 is 5.92 Å². The van der Waals surface area contributed by atoms with Crippen LogP contribution in [-0.2, 0) is 4.79 Å². The molecule has 0 radical (unpaired) electrons. The lowest BCUT2D eigenvalue weighted by atomic mass is 10.0. The van der Waals surface area contributed by atoms with Crippen LogP contribution in [0.4, 0.5) is 9.52 Å². The number of hydrogen-bond acceptors (Lipinski definition) is 4. The van der Waals surface area contributed by atoms with Gasteiger partial charge in [-0.3, -0.25) is 4.79 Å². The van der Waals surface area contributed by atoms with E-state index in [1.807, 2.05) is 6.07 Å². The summed E-state index contributed by atoms with van der Waals surface area (Å²) >= 11 is 1.11. The maximum atomic E-state index is 12.8. The number of nitriles is 1. The Morgan fingerprint density at radius 2 is 2.16 bits per heavy atom. The van der Waals surface area contributed by atoms with Crippen molar-refractivity contribution in [2.24, 2.45) is 0 Å². The molecule has 0 aliphatic rings. The first-order chi connectivity index (χ1) is 9.10. The molecular weight excluding hydrogens is 265 g/mol. The summed E-state index contributed by atoms with van der Waals surface area (Å²) < 4.78 is 12.8. The molecule has 1 amide bonds. The zero-order valence-corrected chi connectivity index (χ0v) is 10.9. The highest BCUT2D eigenvalue weighted by Gasteiger charge is 2.16. The number of nitrogens with one attached hydrogen (secondary N) is 1. The summed E-state index contributed by atoms with van der Waals surface area (Å²) in [6, 6.07) is 7.73. The van der Waals surface area contributed by atoms with E-state index in [9.17, 15) is 9.18 Å². The van der Waals surface area contributed by atoms with Crippen molar-refractivity contribution >= 4 is 22.4 Å². The van der Waals surface area contributed by atoms with Gasteiger partial charge in [-0.25, -0.2) is 9.37 Å². The molecule has 96 valence electrons. The number of carbonyl (C=O) groups excluding carboxylic acids is 1. The maximum absolute atomic E-state index is 12.8. The van der Waals surface area contributed by atoms with Crippen LogP contribution in [0.2, 0.25) is 0 Å². The highest BCUT2D eigenvalue weighted by molar-refractivity contribution is 7.16. The van der Waals surface area contributed by atoms with Gasteiger partial charge in [0.15, 0.2) is 5.13 Å². The van der Waals surface area contributed by atoms with Crippen molar-refractivity contribution in [2.45, 2.75) is 12.8 Å². The van der Waals surface area contributed by atoms with E-state index in [2.05, 4.69) is 10.3 Å². The van der Waals surface area contributed by atoms with Crippen LogP contribution in [0.3, 0.4) is 0 Å². The molecule has 1 unspecified atom stereocenters. The fourth-order valence-corrected chi connectivity index (χ4v) is 2.12. The van der Waals surface area contributed by atoms with Crippen LogP contribution in [0.25, 0.3) is 0 Å². The van der Waals surface area contributed by atoms with Crippen LogP contribution in [0.5, 0.6) is 0 Å². The average molecular weight is 275 g/mol. The van der Waals surface area contributed by atoms with Gasteiger partial charge >= 0.3 is 0 Å². The molecular formula is C13H10FN3OS. The fraction of sp³-hybridized carbons (Fsp3) is 0.154. The monoisotopic (exact) mass is 275 g/mol. The van der Waals surface area contributed by atoms with Crippen molar-refractivity contribution in [3.63, 3.8) is 0 Å². The number of nitrogens with zero attached hydrogens (tertiary/aromatic N) is 2. The van der Waals surface area contributed by atoms with Gasteiger partial charge in [0.2, 0.25) is 5.91 Å². The number of amides is 1. The molecule has 2 aromatic rings. The minimum atomic E-state index is -0.421. The second-order valence-corrected chi connectivity index (χ2v) is 4.93. The van der Waals surface area contributed by atoms with Crippen LogP contribution in [-0.4, -0.2) is 10.9 Å². The Morgan fingerprint density at radius 3 is 2.74 bits per heavy atom. The Bertz CT molecular complexity index is 630. The van der Waals surface area contributed by atoms with Crippen molar-refractivity contribution in [2.75, 3.05) is 5.32 Å². The van der Waals surface area contributed by atoms with Crippen LogP contribution in [0, 0.1) is 17.1 Å². The van der Waals surface area contributed by atoms with Gasteiger partial charge in [0, 0.05) is 0 Å². The Hall–Kier alpha value is -2.26. The zero-order valence-electron chi connectivity index (χ0n) is 10.1. The summed E-state index contributed by atoms with van der Waals surface area (Å²) in [5.41, 5.74) is 0.718. The number of anilines is 1. The molecule has 1 atom stereocenters. The van der Waals surface area contributed by atoms with Gasteiger partial charge < -0.3 is 5.32 Å². The highest BCUT2D eigenvalue weighted by atomic mass is 32.1. The normalized spacial score (nSPS) is 11.6. The first kappa shape index (κ1) is 13.2. The summed E-state index contributed by atoms with van der Waals surface area (Å²) in [7, 11) is 0. The number of carbonyl (C=O) groups is 1. The molecule has 0 saturated carbocycles. The molecule has 0 saturated heterocycles. The van der Waals surface area contributed by atoms with Crippen LogP contribution in [0.1, 0.15) is 23.3 Å². The van der Waals surface area contributed by atoms with E-state index in [1.165, 1.54) is 18.3 Å². The molecule has 1 aromatic heterocycles. The SMILES string of the molecule is CC(C(=O)Nc1ncc(C#N)s1)c1ccc(F)cc1. The van der Waals surface area contributed by atoms with Gasteiger partial charge in [-0.05, 0) is 24.6 Å². The summed E-state index contributed by atoms with van der Waals surface area (Å²) in [6.45, 7) is 1.72. The lowest BCUT2D eigenvalue weighted by Crippen LogP contribution is -2.18. The molecule has 1 heterocycles. The molecule has 1 N–H and O–H groups in total. The molecule has 1 aromatic carbocycles. The van der Waals surface area contributed by atoms with Gasteiger partial charge in [0.05, 0.1) is 12.1 Å². The van der Waals surface area contributed by atoms with Crippen LogP contribution < -0.4 is 5.32 Å². The molecule has 0 aliphatic heterocycles. The summed E-state index contributed by atoms with van der Waals surface area (Å²) in [5.74, 6) is -1.00. The number of benzene rings is 1. The third kappa shape index (κ3) is 3.14. The van der Waals surface area contributed by atoms with E-state index in [0.717, 1.165) is 16.9 Å². The standard InChI is InChI=1S/C13H10FN3OS/c1-8(9-2-4-10(14)5-3-9)12(18)17-13-16-7-11(6-15)19-13/h2-5,7-8H,1H3,(H,16,17,18). The van der Waals surface area contributed by atoms with Crippen LogP contribution >= 0.6 is 11.3 Å². The van der Waals surface area contributed by atoms with Gasteiger partial charge in [0.25, 0.3) is 0 Å². The van der Waals surface area contributed by atoms with Crippen molar-refractivity contribution in [3.8, 4) is 6.07 Å². The minimum Gasteiger partial charge on any atom is -0.301 e. The number of thiazole rings is 1. The molecule has 4 nitrogen and oxygen atoms in total. The van der Waals surface area contributed by atoms with Gasteiger partial charge in [-0.1, -0.05) is 23.5 Å². The minimum absolute atomic E-state index is 0.245. The first-order valence-electron chi connectivity index (χ1n) is 5.52. The second kappa shape index (κ2) is 5.59. The smallest absolute Gasteiger partial charge is 0.233 e. The largest absolute Gasteiger partial charge is 0.301 e. The van der Waals surface area contributed by atoms with Crippen LogP contribution in [0.15, 0.2) is 30.5 Å². The van der Waals surface area contributed by atoms with E-state index in [1.54, 1.807) is 19.1 Å². The Morgan fingerprint density at radius 1 is 1.47 bits per heavy atom. The number of hydrogen-bond donors (Lipinski definition) is 1. The molecule has 0 bridgehead atoms. The predicted molar refractivity (Wildman–Crippen MR) is 70.3 cm³/mol. The van der Waals surface area contributed by atoms with Gasteiger partial charge in [-0.2, -0.15) is 5.26 Å². The quantitative estimate of drug-likeness (QED) is 0.936. The molecule has 2 rings (SSSR count). The Labute approximate surface area is 113 Å². The molecule has 19 heavy (non-hydrogen) atoms. The molecule has 0 spiro atoms. The summed E-state index contributed by atoms with van der Waals surface area (Å²) in [4.78, 5) is 16.3. The zero-order chi connectivity index (χ0) is 13.8. The predicted octanol–water partition coefficient (Wildman–Crippen LogP) is 2.90. The maximum Gasteiger partial charge on any atom is 0.233 e. The fourth-order valence-electron chi connectivity index (χ4n) is 1.50. The van der Waals surface area contributed by atoms with Crippen molar-refractivity contribution < 1.29 is 9.18 Å². The van der Waals surface area contributed by atoms with E-state index in [0.29, 0.717) is 10.0 Å². The third-order valence-electron chi connectivity index (χ3n) is 2.61. The average Bonchev–Trinajstić information content (AvgIpc) is 2.86. The number of rotatable bonds is 3. The molecule has 6 heteroatoms. The lowest BCUT2D eigenvalue weighted by Gasteiger charge is -2.10. The Kier molecular flexibility index (Phi) is 3.88. The first-order valence-corrected chi connectivity index (χ1v) is 6.34. The topological polar surface area (TPSA) is 65.8 Å². The molecule has 0 aliphatic carbocycles. The third-order valence-corrected chi connectivity index (χ3v) is 3.43. The number of halogens is 1. The summed E-state index contributed by atoms with van der Waals surface area (Å²) in [5, 5.41) is 11.7. The van der Waals surface area contributed by atoms with Crippen molar-refractivity contribution in [1.82, 2.24) is 4.98 Å². The lowest BCUT2D eigenvalue weighted by molar-refractivity contribution is -0.117. The second-order valence-electron chi connectivity index (χ2n) is 3.90. The summed E-state index contributed by atoms with van der Waals surface area (Å²) in [6.07, 6.45) is 1.41. The Balaban J connectivity index is 2.07. The van der Waals surface area contributed by atoms with E-state index in [-0.39, 0.29) is 11.7 Å². The highest BCUT2D eigenvalue weighted by Crippen LogP contribution is 2.21. The van der Waals surface area contributed by atoms with Gasteiger partial charge in [0.1, 0.15) is 16.8 Å².